The first kappa shape index (κ1) is 15.0. The van der Waals surface area contributed by atoms with E-state index < -0.39 is 0 Å². The SMILES string of the molecule is O=C(NC1SCCN1C1CCCCC1)c1c[nH]c2ncccc12. The van der Waals surface area contributed by atoms with Gasteiger partial charge < -0.3 is 10.3 Å². The number of carbonyl (C=O) groups is 1. The molecule has 5 nitrogen and oxygen atoms in total. The average molecular weight is 330 g/mol. The number of hydrogen-bond donors (Lipinski definition) is 2. The van der Waals surface area contributed by atoms with E-state index in [9.17, 15) is 4.79 Å². The first-order valence-corrected chi connectivity index (χ1v) is 9.48. The largest absolute Gasteiger partial charge is 0.345 e. The van der Waals surface area contributed by atoms with Gasteiger partial charge in [0.1, 0.15) is 11.1 Å². The fourth-order valence-corrected chi connectivity index (χ4v) is 4.93. The summed E-state index contributed by atoms with van der Waals surface area (Å²) >= 11 is 1.84. The van der Waals surface area contributed by atoms with Gasteiger partial charge in [-0.1, -0.05) is 19.3 Å². The number of H-pyrrole nitrogens is 1. The number of hydrogen-bond acceptors (Lipinski definition) is 4. The van der Waals surface area contributed by atoms with Gasteiger partial charge in [0.15, 0.2) is 0 Å². The Labute approximate surface area is 140 Å². The Bertz CT molecular complexity index is 695. The Hall–Kier alpha value is -1.53. The highest BCUT2D eigenvalue weighted by Gasteiger charge is 2.33. The predicted octanol–water partition coefficient (Wildman–Crippen LogP) is 2.96. The van der Waals surface area contributed by atoms with E-state index in [2.05, 4.69) is 20.2 Å². The number of thioether (sulfide) groups is 1. The zero-order valence-electron chi connectivity index (χ0n) is 13.1. The molecule has 1 aliphatic heterocycles. The molecule has 23 heavy (non-hydrogen) atoms. The van der Waals surface area contributed by atoms with E-state index in [1.807, 2.05) is 23.9 Å². The van der Waals surface area contributed by atoms with E-state index in [0.717, 1.165) is 23.3 Å². The summed E-state index contributed by atoms with van der Waals surface area (Å²) < 4.78 is 0. The van der Waals surface area contributed by atoms with Crippen molar-refractivity contribution in [2.45, 2.75) is 43.6 Å². The topological polar surface area (TPSA) is 61.0 Å². The molecule has 2 fully saturated rings. The second-order valence-corrected chi connectivity index (χ2v) is 7.52. The van der Waals surface area contributed by atoms with Crippen molar-refractivity contribution in [1.82, 2.24) is 20.2 Å². The third kappa shape index (κ3) is 2.97. The minimum absolute atomic E-state index is 0.00976. The Balaban J connectivity index is 1.49. The summed E-state index contributed by atoms with van der Waals surface area (Å²) in [6, 6.07) is 4.44. The second-order valence-electron chi connectivity index (χ2n) is 6.33. The molecular formula is C17H22N4OS. The van der Waals surface area contributed by atoms with Gasteiger partial charge in [0.2, 0.25) is 0 Å². The molecule has 2 aliphatic rings. The molecular weight excluding hydrogens is 308 g/mol. The number of carbonyl (C=O) groups excluding carboxylic acids is 1. The number of nitrogens with one attached hydrogen (secondary N) is 2. The maximum absolute atomic E-state index is 12.7. The van der Waals surface area contributed by atoms with Crippen LogP contribution in [0.2, 0.25) is 0 Å². The van der Waals surface area contributed by atoms with Crippen LogP contribution in [0.3, 0.4) is 0 Å². The van der Waals surface area contributed by atoms with E-state index in [0.29, 0.717) is 11.6 Å². The minimum Gasteiger partial charge on any atom is -0.345 e. The van der Waals surface area contributed by atoms with Gasteiger partial charge in [-0.05, 0) is 25.0 Å². The molecule has 2 aromatic rings. The van der Waals surface area contributed by atoms with Crippen LogP contribution in [0, 0.1) is 0 Å². The second kappa shape index (κ2) is 6.53. The van der Waals surface area contributed by atoms with Crippen LogP contribution in [0.15, 0.2) is 24.5 Å². The monoisotopic (exact) mass is 330 g/mol. The molecule has 1 unspecified atom stereocenters. The Morgan fingerprint density at radius 2 is 2.22 bits per heavy atom. The molecule has 4 rings (SSSR count). The molecule has 2 aromatic heterocycles. The quantitative estimate of drug-likeness (QED) is 0.908. The Kier molecular flexibility index (Phi) is 4.27. The number of aromatic amines is 1. The molecule has 1 aliphatic carbocycles. The van der Waals surface area contributed by atoms with E-state index in [1.165, 1.54) is 32.1 Å². The van der Waals surface area contributed by atoms with Crippen LogP contribution in [0.5, 0.6) is 0 Å². The molecule has 1 atom stereocenters. The van der Waals surface area contributed by atoms with Crippen LogP contribution >= 0.6 is 11.8 Å². The summed E-state index contributed by atoms with van der Waals surface area (Å²) in [5.74, 6) is 1.08. The smallest absolute Gasteiger partial charge is 0.255 e. The van der Waals surface area contributed by atoms with Crippen LogP contribution < -0.4 is 5.32 Å². The van der Waals surface area contributed by atoms with Gasteiger partial charge in [-0.15, -0.1) is 11.8 Å². The summed E-state index contributed by atoms with van der Waals surface area (Å²) in [6.45, 7) is 1.08. The summed E-state index contributed by atoms with van der Waals surface area (Å²) in [5, 5.41) is 4.11. The zero-order chi connectivity index (χ0) is 15.6. The minimum atomic E-state index is -0.00976. The molecule has 1 saturated heterocycles. The number of fused-ring (bicyclic) bond motifs is 1. The molecule has 6 heteroatoms. The highest BCUT2D eigenvalue weighted by atomic mass is 32.2. The van der Waals surface area contributed by atoms with Gasteiger partial charge in [0, 0.05) is 36.1 Å². The Morgan fingerprint density at radius 3 is 3.09 bits per heavy atom. The fraction of sp³-hybridized carbons (Fsp3) is 0.529. The number of pyridine rings is 1. The lowest BCUT2D eigenvalue weighted by atomic mass is 9.94. The maximum atomic E-state index is 12.7. The van der Waals surface area contributed by atoms with Gasteiger partial charge in [-0.25, -0.2) is 4.98 Å². The van der Waals surface area contributed by atoms with Crippen LogP contribution in [-0.4, -0.2) is 44.6 Å². The van der Waals surface area contributed by atoms with Gasteiger partial charge >= 0.3 is 0 Å². The van der Waals surface area contributed by atoms with Crippen molar-refractivity contribution in [2.75, 3.05) is 12.3 Å². The lowest BCUT2D eigenvalue weighted by Gasteiger charge is -2.34. The lowest BCUT2D eigenvalue weighted by Crippen LogP contribution is -2.48. The standard InChI is InChI=1S/C17H22N4OS/c22-16(14-11-19-15-13(14)7-4-8-18-15)20-17-21(9-10-23-17)12-5-2-1-3-6-12/h4,7-8,11-12,17H,1-3,5-6,9-10H2,(H,18,19)(H,20,22). The van der Waals surface area contributed by atoms with Crippen LogP contribution in [0.1, 0.15) is 42.5 Å². The average Bonchev–Trinajstić information content (AvgIpc) is 3.22. The highest BCUT2D eigenvalue weighted by Crippen LogP contribution is 2.31. The summed E-state index contributed by atoms with van der Waals surface area (Å²) in [6.07, 6.45) is 10.0. The highest BCUT2D eigenvalue weighted by molar-refractivity contribution is 8.00. The van der Waals surface area contributed by atoms with Crippen molar-refractivity contribution < 1.29 is 4.79 Å². The molecule has 0 bridgehead atoms. The van der Waals surface area contributed by atoms with Gasteiger partial charge in [-0.2, -0.15) is 0 Å². The molecule has 0 spiro atoms. The first-order chi connectivity index (χ1) is 11.3. The fourth-order valence-electron chi connectivity index (χ4n) is 3.73. The molecule has 122 valence electrons. The van der Waals surface area contributed by atoms with Crippen molar-refractivity contribution in [2.24, 2.45) is 0 Å². The number of aromatic nitrogens is 2. The van der Waals surface area contributed by atoms with Gasteiger partial charge in [-0.3, -0.25) is 9.69 Å². The van der Waals surface area contributed by atoms with Crippen molar-refractivity contribution in [3.8, 4) is 0 Å². The van der Waals surface area contributed by atoms with E-state index in [1.54, 1.807) is 12.4 Å². The third-order valence-corrected chi connectivity index (χ3v) is 6.04. The number of amides is 1. The molecule has 3 heterocycles. The molecule has 2 N–H and O–H groups in total. The first-order valence-electron chi connectivity index (χ1n) is 8.43. The van der Waals surface area contributed by atoms with Crippen molar-refractivity contribution >= 4 is 28.7 Å². The zero-order valence-corrected chi connectivity index (χ0v) is 13.9. The summed E-state index contributed by atoms with van der Waals surface area (Å²) in [5.41, 5.74) is 1.55. The van der Waals surface area contributed by atoms with E-state index in [4.69, 9.17) is 0 Å². The van der Waals surface area contributed by atoms with Crippen LogP contribution in [-0.2, 0) is 0 Å². The maximum Gasteiger partial charge on any atom is 0.255 e. The third-order valence-electron chi connectivity index (χ3n) is 4.92. The molecule has 0 radical (unpaired) electrons. The molecule has 1 amide bonds. The number of rotatable bonds is 3. The van der Waals surface area contributed by atoms with Crippen LogP contribution in [0.25, 0.3) is 11.0 Å². The van der Waals surface area contributed by atoms with Crippen LogP contribution in [0.4, 0.5) is 0 Å². The van der Waals surface area contributed by atoms with Crippen molar-refractivity contribution in [1.29, 1.82) is 0 Å². The summed E-state index contributed by atoms with van der Waals surface area (Å²) in [4.78, 5) is 22.5. The van der Waals surface area contributed by atoms with Crippen molar-refractivity contribution in [3.05, 3.63) is 30.1 Å². The van der Waals surface area contributed by atoms with E-state index in [-0.39, 0.29) is 11.4 Å². The van der Waals surface area contributed by atoms with E-state index >= 15 is 0 Å². The van der Waals surface area contributed by atoms with Crippen molar-refractivity contribution in [3.63, 3.8) is 0 Å². The van der Waals surface area contributed by atoms with Gasteiger partial charge in [0.25, 0.3) is 5.91 Å². The predicted molar refractivity (Wildman–Crippen MR) is 93.4 cm³/mol. The molecule has 0 aromatic carbocycles. The number of nitrogens with zero attached hydrogens (tertiary/aromatic N) is 2. The lowest BCUT2D eigenvalue weighted by molar-refractivity contribution is 0.0871. The summed E-state index contributed by atoms with van der Waals surface area (Å²) in [7, 11) is 0. The molecule has 1 saturated carbocycles. The van der Waals surface area contributed by atoms with Gasteiger partial charge in [0.05, 0.1) is 5.56 Å². The Morgan fingerprint density at radius 1 is 1.35 bits per heavy atom. The normalized spacial score (nSPS) is 23.4.